The molecular formula is C27H23N3O7S2. The number of carbonyl (C=O) groups excluding carboxylic acids is 2. The number of benzene rings is 3. The van der Waals surface area contributed by atoms with E-state index in [2.05, 4.69) is 0 Å². The zero-order chi connectivity index (χ0) is 27.9. The van der Waals surface area contributed by atoms with Gasteiger partial charge < -0.3 is 24.3 Å². The van der Waals surface area contributed by atoms with Crippen molar-refractivity contribution in [1.29, 1.82) is 0 Å². The molecule has 1 amide bonds. The molecule has 0 saturated carbocycles. The SMILES string of the molecule is COC(=O)c1ccc2c(c1)N(CC(N)=O)/C(=C\C(C)=C/c1oc3ccc4ccccc4c3[n+]1CS(=O)(=O)[O-])S2. The lowest BCUT2D eigenvalue weighted by molar-refractivity contribution is -0.658. The first-order valence-corrected chi connectivity index (χ1v) is 14.1. The van der Waals surface area contributed by atoms with Crippen LogP contribution in [0.5, 0.6) is 0 Å². The van der Waals surface area contributed by atoms with Crippen LogP contribution in [0.15, 0.2) is 80.6 Å². The molecule has 12 heteroatoms. The van der Waals surface area contributed by atoms with Gasteiger partial charge in [-0.1, -0.05) is 36.0 Å². The lowest BCUT2D eigenvalue weighted by Crippen LogP contribution is -2.39. The van der Waals surface area contributed by atoms with Gasteiger partial charge in [0.15, 0.2) is 10.1 Å². The summed E-state index contributed by atoms with van der Waals surface area (Å²) < 4.78 is 47.6. The third-order valence-corrected chi connectivity index (χ3v) is 7.76. The zero-order valence-electron chi connectivity index (χ0n) is 20.9. The van der Waals surface area contributed by atoms with Gasteiger partial charge in [0, 0.05) is 4.90 Å². The summed E-state index contributed by atoms with van der Waals surface area (Å²) in [6.45, 7) is 1.65. The summed E-state index contributed by atoms with van der Waals surface area (Å²) in [5, 5.41) is 2.27. The summed E-state index contributed by atoms with van der Waals surface area (Å²) >= 11 is 1.38. The number of methoxy groups -OCH3 is 1. The van der Waals surface area contributed by atoms with Gasteiger partial charge in [-0.05, 0) is 54.3 Å². The number of allylic oxidation sites excluding steroid dienone is 2. The normalized spacial score (nSPS) is 14.8. The molecule has 0 unspecified atom stereocenters. The number of anilines is 1. The van der Waals surface area contributed by atoms with Crippen molar-refractivity contribution < 1.29 is 36.3 Å². The molecule has 0 aliphatic carbocycles. The minimum atomic E-state index is -4.65. The Morgan fingerprint density at radius 3 is 2.67 bits per heavy atom. The second-order valence-electron chi connectivity index (χ2n) is 8.89. The molecule has 0 spiro atoms. The number of esters is 1. The topological polar surface area (TPSA) is 147 Å². The summed E-state index contributed by atoms with van der Waals surface area (Å²) in [7, 11) is -3.37. The first-order chi connectivity index (χ1) is 18.5. The second kappa shape index (κ2) is 10.2. The summed E-state index contributed by atoms with van der Waals surface area (Å²) in [5.41, 5.74) is 8.03. The van der Waals surface area contributed by atoms with Crippen molar-refractivity contribution in [2.24, 2.45) is 5.73 Å². The van der Waals surface area contributed by atoms with E-state index in [0.717, 1.165) is 15.7 Å². The second-order valence-corrected chi connectivity index (χ2v) is 11.3. The fourth-order valence-corrected chi connectivity index (χ4v) is 6.20. The van der Waals surface area contributed by atoms with E-state index >= 15 is 0 Å². The van der Waals surface area contributed by atoms with E-state index in [1.54, 1.807) is 48.2 Å². The maximum atomic E-state index is 12.1. The molecule has 200 valence electrons. The van der Waals surface area contributed by atoms with E-state index in [-0.39, 0.29) is 12.4 Å². The molecule has 1 aromatic heterocycles. The molecule has 5 rings (SSSR count). The minimum absolute atomic E-state index is 0.130. The van der Waals surface area contributed by atoms with E-state index in [9.17, 15) is 22.6 Å². The molecule has 1 aliphatic heterocycles. The van der Waals surface area contributed by atoms with Gasteiger partial charge in [-0.15, -0.1) is 4.57 Å². The quantitative estimate of drug-likeness (QED) is 0.202. The maximum absolute atomic E-state index is 12.1. The van der Waals surface area contributed by atoms with Crippen LogP contribution in [-0.2, 0) is 25.5 Å². The Hall–Kier alpha value is -4.13. The standard InChI is InChI=1S/C27H23N3O7S2/c1-16(12-25-29(14-23(28)31)20-13-18(27(32)36-2)8-10-22(20)38-25)11-24-30(15-39(33,34)35)26-19-6-4-3-5-17(19)7-9-21(26)37-24/h3-13H,14-15H2,1-2H3,(H2-,28,31,33,34,35). The molecule has 0 bridgehead atoms. The van der Waals surface area contributed by atoms with E-state index in [1.807, 2.05) is 30.3 Å². The van der Waals surface area contributed by atoms with Gasteiger partial charge in [0.2, 0.25) is 17.4 Å². The number of amides is 1. The van der Waals surface area contributed by atoms with E-state index in [1.165, 1.54) is 23.4 Å². The highest BCUT2D eigenvalue weighted by atomic mass is 32.2. The van der Waals surface area contributed by atoms with Gasteiger partial charge in [-0.25, -0.2) is 13.2 Å². The number of carbonyl (C=O) groups is 2. The Balaban J connectivity index is 1.60. The lowest BCUT2D eigenvalue weighted by atomic mass is 10.1. The molecule has 0 radical (unpaired) electrons. The zero-order valence-corrected chi connectivity index (χ0v) is 22.5. The van der Waals surface area contributed by atoms with Crippen molar-refractivity contribution in [2.75, 3.05) is 18.6 Å². The predicted molar refractivity (Wildman–Crippen MR) is 146 cm³/mol. The average molecular weight is 566 g/mol. The van der Waals surface area contributed by atoms with Gasteiger partial charge in [-0.3, -0.25) is 4.79 Å². The number of aromatic nitrogens is 1. The minimum Gasteiger partial charge on any atom is -0.743 e. The number of primary amides is 1. The maximum Gasteiger partial charge on any atom is 0.375 e. The van der Waals surface area contributed by atoms with Gasteiger partial charge in [0.25, 0.3) is 5.52 Å². The predicted octanol–water partition coefficient (Wildman–Crippen LogP) is 3.51. The molecule has 0 fully saturated rings. The highest BCUT2D eigenvalue weighted by Crippen LogP contribution is 2.46. The van der Waals surface area contributed by atoms with Crippen molar-refractivity contribution >= 4 is 67.4 Å². The van der Waals surface area contributed by atoms with Gasteiger partial charge in [-0.2, -0.15) is 0 Å². The molecular weight excluding hydrogens is 542 g/mol. The number of nitrogens with two attached hydrogens (primary N) is 1. The fourth-order valence-electron chi connectivity index (χ4n) is 4.47. The molecule has 10 nitrogen and oxygen atoms in total. The van der Waals surface area contributed by atoms with E-state index < -0.39 is 27.9 Å². The molecule has 2 heterocycles. The smallest absolute Gasteiger partial charge is 0.375 e. The number of hydrogen-bond donors (Lipinski definition) is 1. The molecule has 3 aromatic carbocycles. The molecule has 0 saturated heterocycles. The molecule has 39 heavy (non-hydrogen) atoms. The van der Waals surface area contributed by atoms with Gasteiger partial charge in [0.1, 0.15) is 6.54 Å². The third kappa shape index (κ3) is 5.39. The Kier molecular flexibility index (Phi) is 6.93. The third-order valence-electron chi connectivity index (χ3n) is 6.07. The van der Waals surface area contributed by atoms with Crippen LogP contribution in [0, 0.1) is 0 Å². The number of hydrogen-bond acceptors (Lipinski definition) is 9. The van der Waals surface area contributed by atoms with Crippen LogP contribution in [0.4, 0.5) is 5.69 Å². The van der Waals surface area contributed by atoms with Crippen molar-refractivity contribution in [3.05, 3.63) is 82.7 Å². The van der Waals surface area contributed by atoms with Crippen LogP contribution in [0.1, 0.15) is 23.2 Å². The number of fused-ring (bicyclic) bond motifs is 4. The molecule has 4 aromatic rings. The summed E-state index contributed by atoms with van der Waals surface area (Å²) in [6.07, 6.45) is 3.41. The molecule has 0 atom stereocenters. The van der Waals surface area contributed by atoms with E-state index in [0.29, 0.717) is 33.0 Å². The number of ether oxygens (including phenoxy) is 1. The summed E-state index contributed by atoms with van der Waals surface area (Å²) in [5.74, 6) is -1.72. The van der Waals surface area contributed by atoms with Crippen molar-refractivity contribution in [2.45, 2.75) is 17.7 Å². The van der Waals surface area contributed by atoms with Crippen molar-refractivity contribution in [1.82, 2.24) is 0 Å². The Morgan fingerprint density at radius 1 is 1.18 bits per heavy atom. The van der Waals surface area contributed by atoms with Crippen molar-refractivity contribution in [3.8, 4) is 0 Å². The lowest BCUT2D eigenvalue weighted by Gasteiger charge is -2.19. The van der Waals surface area contributed by atoms with Crippen LogP contribution >= 0.6 is 11.8 Å². The Labute approximate surface area is 228 Å². The van der Waals surface area contributed by atoms with Crippen LogP contribution < -0.4 is 15.2 Å². The van der Waals surface area contributed by atoms with Gasteiger partial charge in [0.05, 0.1) is 34.9 Å². The van der Waals surface area contributed by atoms with Crippen LogP contribution in [0.25, 0.3) is 27.9 Å². The number of thioether (sulfide) groups is 1. The Bertz CT molecular complexity index is 1820. The van der Waals surface area contributed by atoms with Crippen LogP contribution in [-0.4, -0.2) is 38.5 Å². The van der Waals surface area contributed by atoms with Crippen LogP contribution in [0.3, 0.4) is 0 Å². The highest BCUT2D eigenvalue weighted by molar-refractivity contribution is 8.03. The monoisotopic (exact) mass is 565 g/mol. The van der Waals surface area contributed by atoms with Crippen molar-refractivity contribution in [3.63, 3.8) is 0 Å². The largest absolute Gasteiger partial charge is 0.743 e. The summed E-state index contributed by atoms with van der Waals surface area (Å²) in [4.78, 5) is 26.4. The number of oxazole rings is 1. The highest BCUT2D eigenvalue weighted by Gasteiger charge is 2.29. The van der Waals surface area contributed by atoms with Gasteiger partial charge >= 0.3 is 11.9 Å². The number of nitrogens with zero attached hydrogens (tertiary/aromatic N) is 2. The molecule has 2 N–H and O–H groups in total. The van der Waals surface area contributed by atoms with E-state index in [4.69, 9.17) is 14.9 Å². The molecule has 1 aliphatic rings. The summed E-state index contributed by atoms with van der Waals surface area (Å²) in [6, 6.07) is 16.0. The Morgan fingerprint density at radius 2 is 1.95 bits per heavy atom. The fraction of sp³-hybridized carbons (Fsp3) is 0.148. The number of rotatable bonds is 7. The first-order valence-electron chi connectivity index (χ1n) is 11.7. The van der Waals surface area contributed by atoms with Crippen LogP contribution in [0.2, 0.25) is 0 Å². The first kappa shape index (κ1) is 26.5. The average Bonchev–Trinajstić information content (AvgIpc) is 3.39.